The molecule has 0 spiro atoms. The average Bonchev–Trinajstić information content (AvgIpc) is 2.48. The third-order valence-corrected chi connectivity index (χ3v) is 2.15. The first kappa shape index (κ1) is 8.67. The number of thiophene rings is 1. The SMILES string of the molecule is NC(=O)C=Cc1ccc(C=O)s1. The Morgan fingerprint density at radius 2 is 2.08 bits per heavy atom. The van der Waals surface area contributed by atoms with E-state index in [1.54, 1.807) is 18.2 Å². The van der Waals surface area contributed by atoms with Gasteiger partial charge in [-0.1, -0.05) is 0 Å². The maximum atomic E-state index is 10.3. The van der Waals surface area contributed by atoms with Crippen LogP contribution in [0.5, 0.6) is 0 Å². The molecule has 1 amide bonds. The highest BCUT2D eigenvalue weighted by Crippen LogP contribution is 2.15. The van der Waals surface area contributed by atoms with Crippen molar-refractivity contribution in [2.75, 3.05) is 0 Å². The van der Waals surface area contributed by atoms with E-state index in [2.05, 4.69) is 0 Å². The molecule has 0 aliphatic heterocycles. The molecule has 3 nitrogen and oxygen atoms in total. The normalized spacial score (nSPS) is 10.3. The summed E-state index contributed by atoms with van der Waals surface area (Å²) >= 11 is 1.31. The van der Waals surface area contributed by atoms with Gasteiger partial charge in [0, 0.05) is 11.0 Å². The minimum absolute atomic E-state index is 0.490. The molecule has 0 saturated heterocycles. The van der Waals surface area contributed by atoms with E-state index in [1.807, 2.05) is 0 Å². The molecule has 12 heavy (non-hydrogen) atoms. The third kappa shape index (κ3) is 2.32. The zero-order chi connectivity index (χ0) is 8.97. The largest absolute Gasteiger partial charge is 0.366 e. The van der Waals surface area contributed by atoms with Crippen LogP contribution in [0.3, 0.4) is 0 Å². The van der Waals surface area contributed by atoms with E-state index in [0.29, 0.717) is 4.88 Å². The van der Waals surface area contributed by atoms with Gasteiger partial charge in [-0.25, -0.2) is 0 Å². The summed E-state index contributed by atoms with van der Waals surface area (Å²) in [5.41, 5.74) is 4.89. The molecule has 1 heterocycles. The van der Waals surface area contributed by atoms with Crippen molar-refractivity contribution in [3.8, 4) is 0 Å². The summed E-state index contributed by atoms with van der Waals surface area (Å²) in [6.07, 6.45) is 3.62. The molecule has 0 bridgehead atoms. The molecule has 1 aromatic heterocycles. The van der Waals surface area contributed by atoms with Gasteiger partial charge in [-0.15, -0.1) is 11.3 Å². The minimum atomic E-state index is -0.490. The quantitative estimate of drug-likeness (QED) is 0.560. The van der Waals surface area contributed by atoms with Crippen molar-refractivity contribution < 1.29 is 9.59 Å². The standard InChI is InChI=1S/C8H7NO2S/c9-8(11)4-3-6-1-2-7(5-10)12-6/h1-5H,(H2,9,11). The van der Waals surface area contributed by atoms with Crippen molar-refractivity contribution in [2.45, 2.75) is 0 Å². The van der Waals surface area contributed by atoms with Crippen LogP contribution in [-0.4, -0.2) is 12.2 Å². The Hall–Kier alpha value is -1.42. The van der Waals surface area contributed by atoms with Gasteiger partial charge in [0.1, 0.15) is 0 Å². The van der Waals surface area contributed by atoms with Gasteiger partial charge in [-0.3, -0.25) is 9.59 Å². The van der Waals surface area contributed by atoms with Crippen LogP contribution in [0.4, 0.5) is 0 Å². The molecule has 62 valence electrons. The van der Waals surface area contributed by atoms with E-state index in [-0.39, 0.29) is 0 Å². The van der Waals surface area contributed by atoms with Crippen molar-refractivity contribution >= 4 is 29.6 Å². The summed E-state index contributed by atoms with van der Waals surface area (Å²) in [4.78, 5) is 22.1. The fourth-order valence-corrected chi connectivity index (χ4v) is 1.41. The van der Waals surface area contributed by atoms with Crippen LogP contribution in [-0.2, 0) is 4.79 Å². The van der Waals surface area contributed by atoms with Crippen LogP contribution in [0.25, 0.3) is 6.08 Å². The van der Waals surface area contributed by atoms with Crippen molar-refractivity contribution in [1.29, 1.82) is 0 Å². The third-order valence-electron chi connectivity index (χ3n) is 1.18. The first-order valence-electron chi connectivity index (χ1n) is 3.25. The van der Waals surface area contributed by atoms with Crippen molar-refractivity contribution in [1.82, 2.24) is 0 Å². The number of primary amides is 1. The van der Waals surface area contributed by atoms with Crippen LogP contribution in [0, 0.1) is 0 Å². The van der Waals surface area contributed by atoms with Crippen LogP contribution >= 0.6 is 11.3 Å². The molecular weight excluding hydrogens is 174 g/mol. The molecule has 0 aliphatic carbocycles. The average molecular weight is 181 g/mol. The Bertz CT molecular complexity index is 328. The summed E-state index contributed by atoms with van der Waals surface area (Å²) in [5, 5.41) is 0. The highest BCUT2D eigenvalue weighted by atomic mass is 32.1. The van der Waals surface area contributed by atoms with E-state index in [0.717, 1.165) is 11.2 Å². The van der Waals surface area contributed by atoms with Crippen LogP contribution in [0.15, 0.2) is 18.2 Å². The van der Waals surface area contributed by atoms with Gasteiger partial charge in [0.2, 0.25) is 5.91 Å². The Kier molecular flexibility index (Phi) is 2.76. The predicted molar refractivity (Wildman–Crippen MR) is 47.9 cm³/mol. The Balaban J connectivity index is 2.76. The smallest absolute Gasteiger partial charge is 0.241 e. The molecule has 1 rings (SSSR count). The first-order chi connectivity index (χ1) is 5.72. The molecule has 0 aromatic carbocycles. The molecular formula is C8H7NO2S. The molecule has 4 heteroatoms. The number of carbonyl (C=O) groups excluding carboxylic acids is 2. The summed E-state index contributed by atoms with van der Waals surface area (Å²) in [5.74, 6) is -0.490. The minimum Gasteiger partial charge on any atom is -0.366 e. The van der Waals surface area contributed by atoms with Crippen molar-refractivity contribution in [3.05, 3.63) is 28.0 Å². The highest BCUT2D eigenvalue weighted by molar-refractivity contribution is 7.14. The van der Waals surface area contributed by atoms with Gasteiger partial charge < -0.3 is 5.73 Å². The second-order valence-electron chi connectivity index (χ2n) is 2.09. The van der Waals surface area contributed by atoms with Crippen LogP contribution < -0.4 is 5.73 Å². The molecule has 0 unspecified atom stereocenters. The van der Waals surface area contributed by atoms with E-state index < -0.39 is 5.91 Å². The fourth-order valence-electron chi connectivity index (χ4n) is 0.686. The maximum absolute atomic E-state index is 10.3. The molecule has 0 atom stereocenters. The monoisotopic (exact) mass is 181 g/mol. The molecule has 0 fully saturated rings. The van der Waals surface area contributed by atoms with Gasteiger partial charge in [0.15, 0.2) is 6.29 Å². The first-order valence-corrected chi connectivity index (χ1v) is 4.06. The van der Waals surface area contributed by atoms with Crippen LogP contribution in [0.2, 0.25) is 0 Å². The van der Waals surface area contributed by atoms with Gasteiger partial charge in [-0.2, -0.15) is 0 Å². The number of hydrogen-bond donors (Lipinski definition) is 1. The van der Waals surface area contributed by atoms with Crippen molar-refractivity contribution in [3.63, 3.8) is 0 Å². The highest BCUT2D eigenvalue weighted by Gasteiger charge is 1.94. The number of aldehydes is 1. The number of amides is 1. The Labute approximate surface area is 73.5 Å². The number of nitrogens with two attached hydrogens (primary N) is 1. The van der Waals surface area contributed by atoms with E-state index in [1.165, 1.54) is 17.4 Å². The van der Waals surface area contributed by atoms with Gasteiger partial charge in [0.25, 0.3) is 0 Å². The second-order valence-corrected chi connectivity index (χ2v) is 3.24. The van der Waals surface area contributed by atoms with Gasteiger partial charge in [-0.05, 0) is 18.2 Å². The summed E-state index contributed by atoms with van der Waals surface area (Å²) in [6, 6.07) is 3.45. The summed E-state index contributed by atoms with van der Waals surface area (Å²) in [6.45, 7) is 0. The number of hydrogen-bond acceptors (Lipinski definition) is 3. The second kappa shape index (κ2) is 3.82. The van der Waals surface area contributed by atoms with Crippen molar-refractivity contribution in [2.24, 2.45) is 5.73 Å². The predicted octanol–water partition coefficient (Wildman–Crippen LogP) is 1.06. The lowest BCUT2D eigenvalue weighted by Crippen LogP contribution is -2.04. The Morgan fingerprint density at radius 3 is 2.58 bits per heavy atom. The van der Waals surface area contributed by atoms with Gasteiger partial charge in [0.05, 0.1) is 4.88 Å². The lowest BCUT2D eigenvalue weighted by atomic mass is 10.4. The maximum Gasteiger partial charge on any atom is 0.241 e. The van der Waals surface area contributed by atoms with E-state index in [9.17, 15) is 9.59 Å². The lowest BCUT2D eigenvalue weighted by molar-refractivity contribution is -0.113. The lowest BCUT2D eigenvalue weighted by Gasteiger charge is -1.80. The fraction of sp³-hybridized carbons (Fsp3) is 0. The topological polar surface area (TPSA) is 60.2 Å². The summed E-state index contributed by atoms with van der Waals surface area (Å²) in [7, 11) is 0. The molecule has 0 saturated carbocycles. The van der Waals surface area contributed by atoms with E-state index >= 15 is 0 Å². The summed E-state index contributed by atoms with van der Waals surface area (Å²) < 4.78 is 0. The molecule has 0 radical (unpaired) electrons. The zero-order valence-electron chi connectivity index (χ0n) is 6.19. The Morgan fingerprint density at radius 1 is 1.42 bits per heavy atom. The molecule has 0 aliphatic rings. The van der Waals surface area contributed by atoms with Crippen LogP contribution in [0.1, 0.15) is 14.5 Å². The van der Waals surface area contributed by atoms with E-state index in [4.69, 9.17) is 5.73 Å². The molecule has 2 N–H and O–H groups in total. The number of carbonyl (C=O) groups is 2. The zero-order valence-corrected chi connectivity index (χ0v) is 7.01. The van der Waals surface area contributed by atoms with Gasteiger partial charge >= 0.3 is 0 Å². The number of rotatable bonds is 3. The molecule has 1 aromatic rings.